The lowest BCUT2D eigenvalue weighted by atomic mass is 9.49. The Hall–Kier alpha value is -3.90. The Morgan fingerprint density at radius 3 is 2.48 bits per heavy atom. The topological polar surface area (TPSA) is 108 Å². The lowest BCUT2D eigenvalue weighted by Crippen LogP contribution is -2.42. The minimum absolute atomic E-state index is 0.0365. The highest BCUT2D eigenvalue weighted by atomic mass is 32.2. The van der Waals surface area contributed by atoms with E-state index in [1.54, 1.807) is 28.1 Å². The van der Waals surface area contributed by atoms with Crippen molar-refractivity contribution in [3.8, 4) is 5.69 Å². The third-order valence-corrected chi connectivity index (χ3v) is 9.94. The summed E-state index contributed by atoms with van der Waals surface area (Å²) in [6.45, 7) is 2.80. The monoisotopic (exact) mass is 579 g/mol. The van der Waals surface area contributed by atoms with E-state index in [4.69, 9.17) is 5.10 Å². The Morgan fingerprint density at radius 1 is 1.02 bits per heavy atom. The first kappa shape index (κ1) is 28.2. The fraction of sp³-hybridized carbons (Fsp3) is 0.286. The van der Waals surface area contributed by atoms with Crippen molar-refractivity contribution >= 4 is 44.5 Å². The highest BCUT2D eigenvalue weighted by Gasteiger charge is 2.45. The van der Waals surface area contributed by atoms with Gasteiger partial charge in [-0.2, -0.15) is 19.3 Å². The summed E-state index contributed by atoms with van der Waals surface area (Å²) < 4.78 is 32.3. The molecular formula is C28H32B3N7O3S. The second-order valence-corrected chi connectivity index (χ2v) is 14.1. The summed E-state index contributed by atoms with van der Waals surface area (Å²) in [6.07, 6.45) is 6.35. The Kier molecular flexibility index (Phi) is 6.81. The van der Waals surface area contributed by atoms with Gasteiger partial charge in [0.25, 0.3) is 10.0 Å². The van der Waals surface area contributed by atoms with Gasteiger partial charge in [0.05, 0.1) is 23.6 Å². The third kappa shape index (κ3) is 4.92. The molecule has 0 radical (unpaired) electrons. The van der Waals surface area contributed by atoms with Gasteiger partial charge in [-0.3, -0.25) is 4.79 Å². The second kappa shape index (κ2) is 10.1. The zero-order valence-electron chi connectivity index (χ0n) is 24.5. The molecule has 42 heavy (non-hydrogen) atoms. The highest BCUT2D eigenvalue weighted by Crippen LogP contribution is 2.42. The second-order valence-electron chi connectivity index (χ2n) is 12.3. The van der Waals surface area contributed by atoms with Crippen LogP contribution in [0.3, 0.4) is 0 Å². The van der Waals surface area contributed by atoms with Gasteiger partial charge in [0, 0.05) is 43.2 Å². The van der Waals surface area contributed by atoms with Gasteiger partial charge in [-0.05, 0) is 59.9 Å². The molecule has 1 aliphatic heterocycles. The Bertz CT molecular complexity index is 1970. The smallest absolute Gasteiger partial charge is 0.264 e. The van der Waals surface area contributed by atoms with E-state index < -0.39 is 15.4 Å². The van der Waals surface area contributed by atoms with Gasteiger partial charge >= 0.3 is 0 Å². The molecule has 14 heteroatoms. The summed E-state index contributed by atoms with van der Waals surface area (Å²) in [5.74, 6) is 0. The number of nitrogens with zero attached hydrogens (tertiary/aromatic N) is 7. The lowest BCUT2D eigenvalue weighted by molar-refractivity contribution is 0.412. The average Bonchev–Trinajstić information content (AvgIpc) is 3.68. The molecule has 1 unspecified atom stereocenters. The van der Waals surface area contributed by atoms with Crippen molar-refractivity contribution in [3.63, 3.8) is 0 Å². The summed E-state index contributed by atoms with van der Waals surface area (Å²) in [7, 11) is 3.80. The van der Waals surface area contributed by atoms with Crippen molar-refractivity contribution in [1.82, 2.24) is 33.6 Å². The third-order valence-electron chi connectivity index (χ3n) is 8.24. The van der Waals surface area contributed by atoms with Crippen LogP contribution in [0, 0.1) is 6.92 Å². The van der Waals surface area contributed by atoms with E-state index >= 15 is 0 Å². The number of pyridine rings is 1. The van der Waals surface area contributed by atoms with Crippen LogP contribution < -0.4 is 5.56 Å². The molecule has 0 aliphatic carbocycles. The van der Waals surface area contributed by atoms with Gasteiger partial charge in [0.2, 0.25) is 10.6 Å². The van der Waals surface area contributed by atoms with Crippen molar-refractivity contribution in [2.75, 3.05) is 13.1 Å². The molecule has 0 amide bonds. The van der Waals surface area contributed by atoms with Crippen molar-refractivity contribution in [3.05, 3.63) is 100 Å². The van der Waals surface area contributed by atoms with Crippen LogP contribution in [0.2, 0.25) is 0 Å². The summed E-state index contributed by atoms with van der Waals surface area (Å²) >= 11 is 0. The molecule has 0 N–H and O–H groups in total. The Morgan fingerprint density at radius 2 is 1.79 bits per heavy atom. The summed E-state index contributed by atoms with van der Waals surface area (Å²) in [5, 5.41) is 13.3. The van der Waals surface area contributed by atoms with E-state index in [0.29, 0.717) is 25.9 Å². The molecule has 3 aromatic heterocycles. The minimum atomic E-state index is -3.80. The van der Waals surface area contributed by atoms with Crippen molar-refractivity contribution in [2.24, 2.45) is 7.05 Å². The van der Waals surface area contributed by atoms with Crippen LogP contribution in [-0.4, -0.2) is 78.7 Å². The fourth-order valence-electron chi connectivity index (χ4n) is 6.14. The number of hydrogen-bond donors (Lipinski definition) is 0. The van der Waals surface area contributed by atoms with Gasteiger partial charge in [0.15, 0.2) is 0 Å². The molecule has 1 atom stereocenters. The van der Waals surface area contributed by atoms with Gasteiger partial charge in [-0.25, -0.2) is 13.1 Å². The number of aromatic nitrogens is 6. The fourth-order valence-corrected chi connectivity index (χ4v) is 7.56. The van der Waals surface area contributed by atoms with Crippen LogP contribution in [-0.2, 0) is 34.1 Å². The first-order chi connectivity index (χ1) is 19.9. The molecule has 0 saturated carbocycles. The highest BCUT2D eigenvalue weighted by molar-refractivity contribution is 7.89. The van der Waals surface area contributed by atoms with Gasteiger partial charge in [-0.15, -0.1) is 5.10 Å². The Labute approximate surface area is 247 Å². The number of fused-ring (bicyclic) bond motifs is 1. The van der Waals surface area contributed by atoms with Crippen LogP contribution in [0.25, 0.3) is 16.6 Å². The molecule has 212 valence electrons. The summed E-state index contributed by atoms with van der Waals surface area (Å²) in [6, 6.07) is 17.9. The van der Waals surface area contributed by atoms with E-state index in [0.717, 1.165) is 33.3 Å². The van der Waals surface area contributed by atoms with Gasteiger partial charge in [0.1, 0.15) is 23.5 Å². The normalized spacial score (nSPS) is 18.1. The zero-order valence-corrected chi connectivity index (χ0v) is 25.3. The van der Waals surface area contributed by atoms with Gasteiger partial charge in [-0.1, -0.05) is 30.3 Å². The standard InChI is InChI=1S/C28H32B3N7O3S/c1-19-12-24-21(15-33-38(24)22-8-9-26(39)37(17-22)28(29,30)31)13-23(19)27(14-20-6-4-3-5-7-20)10-11-36(18-27)42(40,41)25-16-32-35(2)34-25/h3-9,12-13,15-17H,10-11,14,18,29-31H2,1-2H3. The van der Waals surface area contributed by atoms with Crippen LogP contribution in [0.5, 0.6) is 0 Å². The van der Waals surface area contributed by atoms with Crippen molar-refractivity contribution in [1.29, 1.82) is 0 Å². The summed E-state index contributed by atoms with van der Waals surface area (Å²) in [4.78, 5) is 13.8. The largest absolute Gasteiger partial charge is 0.331 e. The molecule has 0 spiro atoms. The lowest BCUT2D eigenvalue weighted by Gasteiger charge is -2.32. The van der Waals surface area contributed by atoms with E-state index in [1.807, 2.05) is 58.8 Å². The van der Waals surface area contributed by atoms with Crippen molar-refractivity contribution in [2.45, 2.75) is 35.4 Å². The number of sulfonamides is 1. The maximum Gasteiger partial charge on any atom is 0.264 e. The number of rotatable bonds is 7. The molecule has 1 aliphatic rings. The maximum atomic E-state index is 13.6. The predicted octanol–water partition coefficient (Wildman–Crippen LogP) is -0.334. The van der Waals surface area contributed by atoms with Crippen LogP contribution in [0.1, 0.15) is 23.1 Å². The molecule has 1 fully saturated rings. The molecule has 1 saturated heterocycles. The molecular weight excluding hydrogens is 547 g/mol. The average molecular weight is 579 g/mol. The number of aryl methyl sites for hydroxylation is 2. The molecule has 0 bridgehead atoms. The minimum Gasteiger partial charge on any atom is -0.331 e. The SMILES string of the molecule is BC(B)(B)n1cc(-n2ncc3cc(C4(Cc5ccccc5)CCN(S(=O)(=O)c5cnn(C)n5)C4)c(C)cc32)ccc1=O. The van der Waals surface area contributed by atoms with Gasteiger partial charge < -0.3 is 4.57 Å². The molecule has 2 aromatic carbocycles. The number of hydrogen-bond acceptors (Lipinski definition) is 6. The number of benzene rings is 2. The van der Waals surface area contributed by atoms with Crippen LogP contribution >= 0.6 is 0 Å². The molecule has 10 nitrogen and oxygen atoms in total. The molecule has 4 heterocycles. The van der Waals surface area contributed by atoms with Crippen LogP contribution in [0.15, 0.2) is 83.0 Å². The first-order valence-corrected chi connectivity index (χ1v) is 15.4. The maximum absolute atomic E-state index is 13.6. The summed E-state index contributed by atoms with van der Waals surface area (Å²) in [5.41, 5.74) is 4.52. The first-order valence-electron chi connectivity index (χ1n) is 14.0. The van der Waals surface area contributed by atoms with E-state index in [9.17, 15) is 13.2 Å². The van der Waals surface area contributed by atoms with E-state index in [2.05, 4.69) is 41.4 Å². The van der Waals surface area contributed by atoms with Crippen LogP contribution in [0.4, 0.5) is 0 Å². The van der Waals surface area contributed by atoms with E-state index in [-0.39, 0.29) is 15.8 Å². The van der Waals surface area contributed by atoms with Crippen molar-refractivity contribution < 1.29 is 8.42 Å². The Balaban J connectivity index is 1.44. The van der Waals surface area contributed by atoms with E-state index in [1.165, 1.54) is 11.0 Å². The molecule has 6 rings (SSSR count). The zero-order chi connectivity index (χ0) is 29.9. The molecule has 5 aromatic rings. The quantitative estimate of drug-likeness (QED) is 0.245. The predicted molar refractivity (Wildman–Crippen MR) is 170 cm³/mol.